The average molecular weight is 504 g/mol. The zero-order chi connectivity index (χ0) is 25.7. The first-order valence-electron chi connectivity index (χ1n) is 12.2. The van der Waals surface area contributed by atoms with Crippen LogP contribution in [0.2, 0.25) is 5.02 Å². The predicted octanol–water partition coefficient (Wildman–Crippen LogP) is 5.95. The van der Waals surface area contributed by atoms with E-state index >= 15 is 0 Å². The highest BCUT2D eigenvalue weighted by Gasteiger charge is 2.63. The number of rotatable bonds is 9. The number of hydrogen-bond donors (Lipinski definition) is 0. The van der Waals surface area contributed by atoms with Gasteiger partial charge in [0.2, 0.25) is 11.8 Å². The van der Waals surface area contributed by atoms with Crippen molar-refractivity contribution in [1.82, 2.24) is 4.90 Å². The number of nitrogens with zero attached hydrogens (tertiary/aromatic N) is 1. The Labute approximate surface area is 217 Å². The second kappa shape index (κ2) is 11.1. The topological polar surface area (TPSA) is 63.7 Å². The maximum atomic E-state index is 13.4. The van der Waals surface area contributed by atoms with Crippen LogP contribution in [0.15, 0.2) is 84.9 Å². The number of likely N-dealkylation sites (tertiary alicyclic amines) is 1. The molecule has 1 aliphatic rings. The van der Waals surface area contributed by atoms with Crippen LogP contribution in [-0.4, -0.2) is 28.7 Å². The number of carbonyl (C=O) groups excluding carboxylic acids is 3. The second-order valence-electron chi connectivity index (χ2n) is 9.62. The van der Waals surface area contributed by atoms with Gasteiger partial charge in [-0.15, -0.1) is 0 Å². The molecule has 2 amide bonds. The Morgan fingerprint density at radius 3 is 2.19 bits per heavy atom. The lowest BCUT2D eigenvalue weighted by molar-refractivity contribution is -0.191. The molecule has 1 aliphatic heterocycles. The van der Waals surface area contributed by atoms with Crippen molar-refractivity contribution in [2.24, 2.45) is 5.41 Å². The Bertz CT molecular complexity index is 1210. The number of β-lactam (4-membered cyclic amide) rings is 1. The van der Waals surface area contributed by atoms with E-state index in [2.05, 4.69) is 0 Å². The van der Waals surface area contributed by atoms with Crippen LogP contribution >= 0.6 is 11.6 Å². The van der Waals surface area contributed by atoms with Crippen molar-refractivity contribution in [3.05, 3.63) is 107 Å². The number of amides is 2. The maximum absolute atomic E-state index is 13.4. The van der Waals surface area contributed by atoms with Gasteiger partial charge in [0.05, 0.1) is 5.41 Å². The molecule has 1 heterocycles. The summed E-state index contributed by atoms with van der Waals surface area (Å²) in [4.78, 5) is 41.1. The zero-order valence-electron chi connectivity index (χ0n) is 20.5. The van der Waals surface area contributed by atoms with Crippen LogP contribution in [0.25, 0.3) is 0 Å². The third-order valence-electron chi connectivity index (χ3n) is 6.98. The Hall–Kier alpha value is -3.44. The minimum absolute atomic E-state index is 0.0834. The van der Waals surface area contributed by atoms with Gasteiger partial charge in [-0.3, -0.25) is 14.5 Å². The monoisotopic (exact) mass is 503 g/mol. The third-order valence-corrected chi connectivity index (χ3v) is 7.23. The minimum atomic E-state index is -1.03. The van der Waals surface area contributed by atoms with E-state index in [-0.39, 0.29) is 30.8 Å². The molecule has 0 saturated carbocycles. The van der Waals surface area contributed by atoms with Gasteiger partial charge >= 0.3 is 5.97 Å². The molecule has 0 bridgehead atoms. The van der Waals surface area contributed by atoms with Crippen molar-refractivity contribution in [2.75, 3.05) is 0 Å². The molecule has 1 saturated heterocycles. The molecule has 3 aromatic rings. The lowest BCUT2D eigenvalue weighted by Crippen LogP contribution is -2.72. The van der Waals surface area contributed by atoms with Crippen molar-refractivity contribution < 1.29 is 19.1 Å². The van der Waals surface area contributed by atoms with Crippen molar-refractivity contribution in [2.45, 2.75) is 51.7 Å². The molecular formula is C30H30ClNO4. The molecule has 4 rings (SSSR count). The molecule has 6 heteroatoms. The van der Waals surface area contributed by atoms with Crippen molar-refractivity contribution >= 4 is 29.4 Å². The van der Waals surface area contributed by atoms with Crippen LogP contribution in [0.4, 0.5) is 0 Å². The predicted molar refractivity (Wildman–Crippen MR) is 139 cm³/mol. The van der Waals surface area contributed by atoms with Crippen molar-refractivity contribution in [1.29, 1.82) is 0 Å². The van der Waals surface area contributed by atoms with E-state index in [4.69, 9.17) is 16.3 Å². The van der Waals surface area contributed by atoms with Gasteiger partial charge in [0.15, 0.2) is 6.04 Å². The van der Waals surface area contributed by atoms with Gasteiger partial charge in [0.25, 0.3) is 0 Å². The largest absolute Gasteiger partial charge is 0.459 e. The van der Waals surface area contributed by atoms with Crippen LogP contribution in [-0.2, 0) is 32.1 Å². The van der Waals surface area contributed by atoms with E-state index in [9.17, 15) is 14.4 Å². The summed E-state index contributed by atoms with van der Waals surface area (Å²) < 4.78 is 5.61. The molecule has 0 aromatic heterocycles. The maximum Gasteiger partial charge on any atom is 0.330 e. The number of hydrogen-bond acceptors (Lipinski definition) is 4. The van der Waals surface area contributed by atoms with Crippen LogP contribution in [0, 0.1) is 5.41 Å². The first kappa shape index (κ1) is 25.6. The Morgan fingerprint density at radius 1 is 0.944 bits per heavy atom. The van der Waals surface area contributed by atoms with Crippen LogP contribution in [0.5, 0.6) is 0 Å². The van der Waals surface area contributed by atoms with Crippen molar-refractivity contribution in [3.8, 4) is 0 Å². The van der Waals surface area contributed by atoms with E-state index in [1.54, 1.807) is 19.1 Å². The standard InChI is InChI=1S/C30H30ClNO4/c1-21(24-11-7-4-8-12-24)19-26(33)32-27(28(34)36-20-23-9-5-3-6-10-23)30(2,29(32)35)18-17-22-13-15-25(31)16-14-22/h3-16,21,27H,17-20H2,1-2H3/t21-,27+,30+/m0/s1. The van der Waals surface area contributed by atoms with Crippen LogP contribution < -0.4 is 0 Å². The number of esters is 1. The normalized spacial score (nSPS) is 19.9. The molecule has 36 heavy (non-hydrogen) atoms. The quantitative estimate of drug-likeness (QED) is 0.267. The molecule has 5 nitrogen and oxygen atoms in total. The van der Waals surface area contributed by atoms with Crippen LogP contribution in [0.3, 0.4) is 0 Å². The molecule has 0 radical (unpaired) electrons. The molecule has 3 atom stereocenters. The summed E-state index contributed by atoms with van der Waals surface area (Å²) in [7, 11) is 0. The molecule has 0 spiro atoms. The number of aryl methyl sites for hydroxylation is 1. The van der Waals surface area contributed by atoms with Gasteiger partial charge in [0.1, 0.15) is 6.61 Å². The molecule has 3 aromatic carbocycles. The highest BCUT2D eigenvalue weighted by atomic mass is 35.5. The number of imide groups is 1. The van der Waals surface area contributed by atoms with E-state index < -0.39 is 17.4 Å². The fourth-order valence-electron chi connectivity index (χ4n) is 4.72. The van der Waals surface area contributed by atoms with Crippen LogP contribution in [0.1, 0.15) is 49.3 Å². The van der Waals surface area contributed by atoms with Gasteiger partial charge in [-0.25, -0.2) is 4.79 Å². The highest BCUT2D eigenvalue weighted by molar-refractivity contribution is 6.30. The van der Waals surface area contributed by atoms with Gasteiger partial charge in [-0.2, -0.15) is 0 Å². The van der Waals surface area contributed by atoms with Crippen molar-refractivity contribution in [3.63, 3.8) is 0 Å². The summed E-state index contributed by atoms with van der Waals surface area (Å²) in [5.41, 5.74) is 1.83. The lowest BCUT2D eigenvalue weighted by Gasteiger charge is -2.51. The molecule has 0 N–H and O–H groups in total. The average Bonchev–Trinajstić information content (AvgIpc) is 2.90. The summed E-state index contributed by atoms with van der Waals surface area (Å²) in [6.45, 7) is 3.78. The Kier molecular flexibility index (Phi) is 7.90. The summed E-state index contributed by atoms with van der Waals surface area (Å²) in [6, 6.07) is 25.5. The first-order valence-corrected chi connectivity index (χ1v) is 12.5. The summed E-state index contributed by atoms with van der Waals surface area (Å²) in [5.74, 6) is -1.34. The minimum Gasteiger partial charge on any atom is -0.459 e. The fourth-order valence-corrected chi connectivity index (χ4v) is 4.84. The molecular weight excluding hydrogens is 474 g/mol. The van der Waals surface area contributed by atoms with E-state index in [0.29, 0.717) is 17.9 Å². The number of carbonyl (C=O) groups is 3. The second-order valence-corrected chi connectivity index (χ2v) is 10.1. The fraction of sp³-hybridized carbons (Fsp3) is 0.300. The van der Waals surface area contributed by atoms with Gasteiger partial charge in [-0.1, -0.05) is 91.3 Å². The SMILES string of the molecule is C[C@@H](CC(=O)N1C(=O)[C@](C)(CCc2ccc(Cl)cc2)[C@H]1C(=O)OCc1ccccc1)c1ccccc1. The van der Waals surface area contributed by atoms with Gasteiger partial charge in [-0.05, 0) is 54.5 Å². The third kappa shape index (κ3) is 5.52. The zero-order valence-corrected chi connectivity index (χ0v) is 21.3. The van der Waals surface area contributed by atoms with Gasteiger partial charge in [0, 0.05) is 11.4 Å². The van der Waals surface area contributed by atoms with E-state index in [1.165, 1.54) is 0 Å². The molecule has 0 unspecified atom stereocenters. The summed E-state index contributed by atoms with van der Waals surface area (Å²) >= 11 is 5.99. The molecule has 1 fully saturated rings. The number of ether oxygens (including phenoxy) is 1. The Balaban J connectivity index is 1.51. The van der Waals surface area contributed by atoms with E-state index in [0.717, 1.165) is 21.6 Å². The summed E-state index contributed by atoms with van der Waals surface area (Å²) in [5, 5.41) is 0.636. The molecule has 0 aliphatic carbocycles. The summed E-state index contributed by atoms with van der Waals surface area (Å²) in [6.07, 6.45) is 1.12. The number of halogens is 1. The Morgan fingerprint density at radius 2 is 1.56 bits per heavy atom. The molecule has 186 valence electrons. The van der Waals surface area contributed by atoms with Gasteiger partial charge < -0.3 is 4.74 Å². The highest BCUT2D eigenvalue weighted by Crippen LogP contribution is 2.44. The lowest BCUT2D eigenvalue weighted by atomic mass is 9.68. The smallest absolute Gasteiger partial charge is 0.330 e. The first-order chi connectivity index (χ1) is 17.3. The number of benzene rings is 3. The van der Waals surface area contributed by atoms with E-state index in [1.807, 2.05) is 79.7 Å².